The summed E-state index contributed by atoms with van der Waals surface area (Å²) in [6.45, 7) is 6.96. The van der Waals surface area contributed by atoms with E-state index in [0.717, 1.165) is 19.3 Å². The molecule has 1 unspecified atom stereocenters. The molecule has 0 heterocycles. The van der Waals surface area contributed by atoms with Crippen LogP contribution >= 0.6 is 0 Å². The second-order valence-corrected chi connectivity index (χ2v) is 11.6. The Morgan fingerprint density at radius 3 is 2.39 bits per heavy atom. The molecule has 1 atom stereocenters. The van der Waals surface area contributed by atoms with Gasteiger partial charge >= 0.3 is 0 Å². The van der Waals surface area contributed by atoms with Crippen LogP contribution in [0.4, 0.5) is 0 Å². The molecule has 2 aliphatic rings. The van der Waals surface area contributed by atoms with E-state index < -0.39 is 0 Å². The van der Waals surface area contributed by atoms with Crippen LogP contribution in [-0.4, -0.2) is 0 Å². The number of benzene rings is 5. The molecule has 0 aliphatic heterocycles. The predicted molar refractivity (Wildman–Crippen MR) is 163 cm³/mol. The van der Waals surface area contributed by atoms with Crippen molar-refractivity contribution in [3.8, 4) is 33.4 Å². The van der Waals surface area contributed by atoms with Gasteiger partial charge in [-0.15, -0.1) is 0 Å². The molecule has 0 saturated carbocycles. The molecule has 5 aromatic carbocycles. The van der Waals surface area contributed by atoms with Gasteiger partial charge in [-0.3, -0.25) is 0 Å². The average molecular weight is 493 g/mol. The highest BCUT2D eigenvalue weighted by molar-refractivity contribution is 6.08. The summed E-state index contributed by atoms with van der Waals surface area (Å²) in [6.07, 6.45) is 7.11. The minimum absolute atomic E-state index is 0.649. The minimum Gasteiger partial charge on any atom is -0.0651 e. The number of aryl methyl sites for hydroxylation is 3. The molecule has 188 valence electrons. The lowest BCUT2D eigenvalue weighted by atomic mass is 9.81. The Balaban J connectivity index is 1.53. The van der Waals surface area contributed by atoms with Crippen LogP contribution < -0.4 is 0 Å². The van der Waals surface area contributed by atoms with Gasteiger partial charge in [-0.05, 0) is 122 Å². The third-order valence-corrected chi connectivity index (χ3v) is 9.16. The van der Waals surface area contributed by atoms with Crippen molar-refractivity contribution in [2.24, 2.45) is 0 Å². The first-order chi connectivity index (χ1) is 18.6. The molecule has 7 rings (SSSR count). The fourth-order valence-electron chi connectivity index (χ4n) is 7.34. The van der Waals surface area contributed by atoms with E-state index >= 15 is 0 Å². The predicted octanol–water partition coefficient (Wildman–Crippen LogP) is 10.4. The summed E-state index contributed by atoms with van der Waals surface area (Å²) in [5, 5.41) is 2.77. The number of rotatable bonds is 4. The smallest absolute Gasteiger partial charge is 0.000673 e. The Morgan fingerprint density at radius 1 is 0.737 bits per heavy atom. The first-order valence-corrected chi connectivity index (χ1v) is 14.5. The molecule has 38 heavy (non-hydrogen) atoms. The van der Waals surface area contributed by atoms with Crippen LogP contribution in [0.5, 0.6) is 0 Å². The standard InChI is InChI=1S/C38H36/c1-4-10-26-12-5-6-15-31(26)34-20-19-32(28-18-17-27-13-9-11-24(2)35(27)22-28)36-23-29-21-25(3)30-14-7-8-16-33(30)37(29)38(34)36/h5-8,12,14-22,24H,4,9-11,13,23H2,1-3H3. The van der Waals surface area contributed by atoms with Crippen LogP contribution in [0.1, 0.15) is 72.4 Å². The maximum atomic E-state index is 2.52. The molecule has 5 aromatic rings. The summed E-state index contributed by atoms with van der Waals surface area (Å²) < 4.78 is 0. The van der Waals surface area contributed by atoms with E-state index in [-0.39, 0.29) is 0 Å². The molecular weight excluding hydrogens is 456 g/mol. The van der Waals surface area contributed by atoms with Crippen molar-refractivity contribution >= 4 is 10.8 Å². The van der Waals surface area contributed by atoms with Crippen LogP contribution in [0.3, 0.4) is 0 Å². The number of fused-ring (bicyclic) bond motifs is 6. The molecule has 0 amide bonds. The van der Waals surface area contributed by atoms with Gasteiger partial charge in [-0.1, -0.05) is 105 Å². The summed E-state index contributed by atoms with van der Waals surface area (Å²) in [4.78, 5) is 0. The van der Waals surface area contributed by atoms with Crippen LogP contribution in [0.15, 0.2) is 84.9 Å². The lowest BCUT2D eigenvalue weighted by Gasteiger charge is -2.24. The lowest BCUT2D eigenvalue weighted by molar-refractivity contribution is 0.590. The van der Waals surface area contributed by atoms with Gasteiger partial charge in [0, 0.05) is 0 Å². The summed E-state index contributed by atoms with van der Waals surface area (Å²) in [7, 11) is 0. The van der Waals surface area contributed by atoms with Crippen molar-refractivity contribution in [1.29, 1.82) is 0 Å². The minimum atomic E-state index is 0.649. The first-order valence-electron chi connectivity index (χ1n) is 14.5. The molecule has 0 radical (unpaired) electrons. The normalized spacial score (nSPS) is 15.8. The van der Waals surface area contributed by atoms with Gasteiger partial charge in [0.2, 0.25) is 0 Å². The first kappa shape index (κ1) is 23.5. The highest BCUT2D eigenvalue weighted by atomic mass is 14.3. The molecule has 0 nitrogen and oxygen atoms in total. The third-order valence-electron chi connectivity index (χ3n) is 9.16. The quantitative estimate of drug-likeness (QED) is 0.229. The molecule has 0 fully saturated rings. The Hall–Kier alpha value is -3.64. The largest absolute Gasteiger partial charge is 0.0651 e. The maximum Gasteiger partial charge on any atom is -0.000673 e. The van der Waals surface area contributed by atoms with Crippen molar-refractivity contribution in [2.75, 3.05) is 0 Å². The fraction of sp³-hybridized carbons (Fsp3) is 0.263. The van der Waals surface area contributed by atoms with Gasteiger partial charge < -0.3 is 0 Å². The van der Waals surface area contributed by atoms with E-state index in [1.54, 1.807) is 11.1 Å². The Bertz CT molecular complexity index is 1700. The SMILES string of the molecule is CCCc1ccccc1-c1ccc(-c2ccc3c(c2)C(C)CCC3)c2c1-c1c(cc(C)c3ccccc13)C2. The molecule has 0 aromatic heterocycles. The molecule has 0 N–H and O–H groups in total. The van der Waals surface area contributed by atoms with Crippen LogP contribution in [0, 0.1) is 6.92 Å². The van der Waals surface area contributed by atoms with Crippen molar-refractivity contribution < 1.29 is 0 Å². The van der Waals surface area contributed by atoms with E-state index in [2.05, 4.69) is 106 Å². The Kier molecular flexibility index (Phi) is 5.73. The van der Waals surface area contributed by atoms with E-state index in [4.69, 9.17) is 0 Å². The number of hydrogen-bond donors (Lipinski definition) is 0. The molecule has 0 bridgehead atoms. The molecule has 0 heteroatoms. The van der Waals surface area contributed by atoms with Crippen molar-refractivity contribution in [3.05, 3.63) is 118 Å². The van der Waals surface area contributed by atoms with Gasteiger partial charge in [-0.2, -0.15) is 0 Å². The van der Waals surface area contributed by atoms with Gasteiger partial charge in [0.1, 0.15) is 0 Å². The van der Waals surface area contributed by atoms with E-state index in [1.807, 2.05) is 0 Å². The second kappa shape index (κ2) is 9.28. The molecule has 2 aliphatic carbocycles. The second-order valence-electron chi connectivity index (χ2n) is 11.6. The van der Waals surface area contributed by atoms with Crippen LogP contribution in [-0.2, 0) is 19.3 Å². The van der Waals surface area contributed by atoms with Crippen LogP contribution in [0.2, 0.25) is 0 Å². The van der Waals surface area contributed by atoms with Crippen molar-refractivity contribution in [3.63, 3.8) is 0 Å². The van der Waals surface area contributed by atoms with Gasteiger partial charge in [0.25, 0.3) is 0 Å². The zero-order chi connectivity index (χ0) is 25.8. The fourth-order valence-corrected chi connectivity index (χ4v) is 7.34. The van der Waals surface area contributed by atoms with E-state index in [9.17, 15) is 0 Å². The summed E-state index contributed by atoms with van der Waals surface area (Å²) >= 11 is 0. The highest BCUT2D eigenvalue weighted by Gasteiger charge is 2.29. The zero-order valence-electron chi connectivity index (χ0n) is 22.9. The number of hydrogen-bond acceptors (Lipinski definition) is 0. The molecule has 0 spiro atoms. The summed E-state index contributed by atoms with van der Waals surface area (Å²) in [6, 6.07) is 32.7. The van der Waals surface area contributed by atoms with Crippen molar-refractivity contribution in [1.82, 2.24) is 0 Å². The van der Waals surface area contributed by atoms with Crippen LogP contribution in [0.25, 0.3) is 44.2 Å². The summed E-state index contributed by atoms with van der Waals surface area (Å²) in [5.74, 6) is 0.649. The Morgan fingerprint density at radius 2 is 1.53 bits per heavy atom. The average Bonchev–Trinajstić information content (AvgIpc) is 3.33. The topological polar surface area (TPSA) is 0 Å². The van der Waals surface area contributed by atoms with E-state index in [0.29, 0.717) is 5.92 Å². The molecular formula is C38H36. The Labute approximate surface area is 227 Å². The highest BCUT2D eigenvalue weighted by Crippen LogP contribution is 2.51. The lowest BCUT2D eigenvalue weighted by Crippen LogP contribution is -2.07. The van der Waals surface area contributed by atoms with E-state index in [1.165, 1.54) is 85.7 Å². The monoisotopic (exact) mass is 492 g/mol. The van der Waals surface area contributed by atoms with Gasteiger partial charge in [0.05, 0.1) is 0 Å². The van der Waals surface area contributed by atoms with Gasteiger partial charge in [0.15, 0.2) is 0 Å². The zero-order valence-corrected chi connectivity index (χ0v) is 22.9. The summed E-state index contributed by atoms with van der Waals surface area (Å²) in [5.41, 5.74) is 17.4. The van der Waals surface area contributed by atoms with Gasteiger partial charge in [-0.25, -0.2) is 0 Å². The molecule has 0 saturated heterocycles. The third kappa shape index (κ3) is 3.65. The van der Waals surface area contributed by atoms with Crippen molar-refractivity contribution in [2.45, 2.75) is 65.2 Å². The maximum absolute atomic E-state index is 2.52.